The number of hydrogen-bond acceptors (Lipinski definition) is 11. The van der Waals surface area contributed by atoms with Crippen molar-refractivity contribution in [2.75, 3.05) is 0 Å². The van der Waals surface area contributed by atoms with Gasteiger partial charge in [-0.2, -0.15) is 8.42 Å². The molecule has 0 bridgehead atoms. The van der Waals surface area contributed by atoms with Crippen LogP contribution in [0.4, 0.5) is 11.4 Å². The van der Waals surface area contributed by atoms with Gasteiger partial charge in [-0.15, -0.1) is 10.2 Å². The zero-order chi connectivity index (χ0) is 25.8. The number of phenols is 1. The molecule has 0 fully saturated rings. The molecule has 0 saturated heterocycles. The Kier molecular flexibility index (Phi) is 9.72. The van der Waals surface area contributed by atoms with Gasteiger partial charge in [0.1, 0.15) is 30.8 Å². The normalized spacial score (nSPS) is 12.4. The predicted octanol–water partition coefficient (Wildman–Crippen LogP) is -2.82. The molecular formula is C20H12N2Na2O10S3. The van der Waals surface area contributed by atoms with Crippen LogP contribution in [0, 0.1) is 0 Å². The summed E-state index contributed by atoms with van der Waals surface area (Å²) in [7, 11) is -14.8. The van der Waals surface area contributed by atoms with Crippen molar-refractivity contribution in [1.29, 1.82) is 0 Å². The topological polar surface area (TPSA) is 214 Å². The fourth-order valence-electron chi connectivity index (χ4n) is 3.45. The summed E-state index contributed by atoms with van der Waals surface area (Å²) in [5.74, 6) is -1.06. The number of aromatic hydroxyl groups is 1. The van der Waals surface area contributed by atoms with Gasteiger partial charge in [-0.1, -0.05) is 30.3 Å². The number of benzene rings is 4. The van der Waals surface area contributed by atoms with Gasteiger partial charge in [0.05, 0.1) is 15.5 Å². The minimum Gasteiger partial charge on any atom is -0.744 e. The predicted molar refractivity (Wildman–Crippen MR) is 119 cm³/mol. The molecule has 0 aliphatic heterocycles. The first-order valence-corrected chi connectivity index (χ1v) is 13.6. The molecule has 17 heteroatoms. The van der Waals surface area contributed by atoms with Crippen LogP contribution in [0.5, 0.6) is 5.75 Å². The largest absolute Gasteiger partial charge is 1.00 e. The van der Waals surface area contributed by atoms with E-state index in [1.165, 1.54) is 24.3 Å². The Bertz CT molecular complexity index is 1890. The Labute approximate surface area is 255 Å². The summed E-state index contributed by atoms with van der Waals surface area (Å²) >= 11 is 0. The van der Waals surface area contributed by atoms with Gasteiger partial charge in [0.15, 0.2) is 5.75 Å². The molecule has 0 saturated carbocycles. The Morgan fingerprint density at radius 1 is 0.676 bits per heavy atom. The van der Waals surface area contributed by atoms with Gasteiger partial charge in [0.2, 0.25) is 0 Å². The molecule has 37 heavy (non-hydrogen) atoms. The maximum absolute atomic E-state index is 11.7. The second-order valence-corrected chi connectivity index (χ2v) is 11.3. The number of nitrogens with zero attached hydrogens (tertiary/aromatic N) is 2. The number of hydrogen-bond donors (Lipinski definition) is 2. The molecule has 182 valence electrons. The molecule has 0 unspecified atom stereocenters. The van der Waals surface area contributed by atoms with Crippen LogP contribution in [-0.2, 0) is 30.4 Å². The van der Waals surface area contributed by atoms with Crippen LogP contribution in [0.3, 0.4) is 0 Å². The van der Waals surface area contributed by atoms with Gasteiger partial charge in [-0.25, -0.2) is 16.8 Å². The average Bonchev–Trinajstić information content (AvgIpc) is 2.75. The van der Waals surface area contributed by atoms with Crippen molar-refractivity contribution >= 4 is 63.3 Å². The minimum absolute atomic E-state index is 0. The maximum Gasteiger partial charge on any atom is 1.00 e. The molecular weight excluding hydrogens is 570 g/mol. The molecule has 0 atom stereocenters. The summed E-state index contributed by atoms with van der Waals surface area (Å²) in [5, 5.41) is 18.3. The van der Waals surface area contributed by atoms with Gasteiger partial charge in [0, 0.05) is 16.2 Å². The van der Waals surface area contributed by atoms with Crippen LogP contribution in [-0.4, -0.2) is 44.0 Å². The minimum atomic E-state index is -5.26. The molecule has 0 radical (unpaired) electrons. The van der Waals surface area contributed by atoms with Crippen molar-refractivity contribution in [2.24, 2.45) is 10.2 Å². The first kappa shape index (κ1) is 31.7. The SMILES string of the molecule is O=S(=O)([O-])c1ccc2c(N=Nc3ccc(S(=O)(=O)O)c4ccccc34)c(O)c(S(=O)(=O)[O-])cc2c1.[Na+].[Na+]. The van der Waals surface area contributed by atoms with Crippen LogP contribution in [0.15, 0.2) is 85.6 Å². The Morgan fingerprint density at radius 3 is 1.86 bits per heavy atom. The van der Waals surface area contributed by atoms with Crippen molar-refractivity contribution in [1.82, 2.24) is 0 Å². The van der Waals surface area contributed by atoms with Gasteiger partial charge >= 0.3 is 59.1 Å². The molecule has 0 aromatic heterocycles. The van der Waals surface area contributed by atoms with E-state index in [9.17, 15) is 44.0 Å². The summed E-state index contributed by atoms with van der Waals surface area (Å²) in [5.41, 5.74) is -0.468. The molecule has 4 rings (SSSR count). The van der Waals surface area contributed by atoms with Crippen LogP contribution in [0.2, 0.25) is 0 Å². The second-order valence-electron chi connectivity index (χ2n) is 7.17. The Balaban J connectivity index is 0.00000241. The third kappa shape index (κ3) is 6.58. The van der Waals surface area contributed by atoms with Crippen molar-refractivity contribution in [3.63, 3.8) is 0 Å². The molecule has 0 aliphatic carbocycles. The average molecular weight is 583 g/mol. The molecule has 0 spiro atoms. The van der Waals surface area contributed by atoms with E-state index in [2.05, 4.69) is 10.2 Å². The van der Waals surface area contributed by atoms with Crippen molar-refractivity contribution in [3.8, 4) is 5.75 Å². The van der Waals surface area contributed by atoms with Gasteiger partial charge in [-0.3, -0.25) is 4.55 Å². The maximum atomic E-state index is 11.7. The quantitative estimate of drug-likeness (QED) is 0.140. The van der Waals surface area contributed by atoms with Crippen LogP contribution >= 0.6 is 0 Å². The van der Waals surface area contributed by atoms with E-state index in [0.29, 0.717) is 6.07 Å². The van der Waals surface area contributed by atoms with Crippen LogP contribution in [0.25, 0.3) is 21.5 Å². The summed E-state index contributed by atoms with van der Waals surface area (Å²) in [6.07, 6.45) is 0. The van der Waals surface area contributed by atoms with Crippen molar-refractivity contribution in [2.45, 2.75) is 14.7 Å². The van der Waals surface area contributed by atoms with Crippen LogP contribution < -0.4 is 59.1 Å². The molecule has 0 heterocycles. The third-order valence-corrected chi connectivity index (χ3v) is 7.57. The third-order valence-electron chi connectivity index (χ3n) is 4.98. The van der Waals surface area contributed by atoms with Crippen molar-refractivity contribution in [3.05, 3.63) is 60.7 Å². The fourth-order valence-corrected chi connectivity index (χ4v) is 5.26. The first-order valence-electron chi connectivity index (χ1n) is 9.30. The summed E-state index contributed by atoms with van der Waals surface area (Å²) in [6, 6.07) is 11.7. The molecule has 4 aromatic rings. The monoisotopic (exact) mass is 582 g/mol. The zero-order valence-electron chi connectivity index (χ0n) is 19.1. The number of phenolic OH excluding ortho intramolecular Hbond substituents is 1. The van der Waals surface area contributed by atoms with Gasteiger partial charge in [-0.05, 0) is 35.7 Å². The molecule has 12 nitrogen and oxygen atoms in total. The van der Waals surface area contributed by atoms with E-state index >= 15 is 0 Å². The zero-order valence-corrected chi connectivity index (χ0v) is 25.5. The second kappa shape index (κ2) is 11.3. The molecule has 0 aliphatic rings. The number of azo groups is 1. The van der Waals surface area contributed by atoms with Gasteiger partial charge < -0.3 is 14.2 Å². The fraction of sp³-hybridized carbons (Fsp3) is 0. The van der Waals surface area contributed by atoms with Crippen molar-refractivity contribution < 1.29 is 103 Å². The van der Waals surface area contributed by atoms with E-state index in [0.717, 1.165) is 24.3 Å². The Hall–Kier alpha value is -1.47. The first-order chi connectivity index (χ1) is 16.2. The summed E-state index contributed by atoms with van der Waals surface area (Å²) in [4.78, 5) is -2.23. The van der Waals surface area contributed by atoms with E-state index in [4.69, 9.17) is 0 Å². The van der Waals surface area contributed by atoms with E-state index < -0.39 is 56.5 Å². The Morgan fingerprint density at radius 2 is 1.30 bits per heavy atom. The van der Waals surface area contributed by atoms with E-state index in [1.807, 2.05) is 0 Å². The van der Waals surface area contributed by atoms with E-state index in [-0.39, 0.29) is 86.3 Å². The smallest absolute Gasteiger partial charge is 0.744 e. The van der Waals surface area contributed by atoms with Gasteiger partial charge in [0.25, 0.3) is 10.1 Å². The number of fused-ring (bicyclic) bond motifs is 2. The molecule has 0 amide bonds. The molecule has 4 aromatic carbocycles. The van der Waals surface area contributed by atoms with Crippen LogP contribution in [0.1, 0.15) is 0 Å². The molecule has 2 N–H and O–H groups in total. The number of rotatable bonds is 5. The standard InChI is InChI=1S/C20H14N2O10S3.2Na/c23-20-18(35(30,31)32)10-11-9-12(33(24,25)26)5-6-13(11)19(20)22-21-16-7-8-17(34(27,28)29)15-4-2-1-3-14(15)16;;/h1-10,23H,(H,24,25,26)(H,27,28,29)(H,30,31,32);;/q;2*+1/p-2. The summed E-state index contributed by atoms with van der Waals surface area (Å²) in [6.45, 7) is 0. The summed E-state index contributed by atoms with van der Waals surface area (Å²) < 4.78 is 102. The van der Waals surface area contributed by atoms with E-state index in [1.54, 1.807) is 6.07 Å².